The molecular formula is C19H28N6. The lowest BCUT2D eigenvalue weighted by atomic mass is 9.97. The Kier molecular flexibility index (Phi) is 6.42. The number of nitrogens with one attached hydrogen (secondary N) is 2. The fourth-order valence-electron chi connectivity index (χ4n) is 3.14. The van der Waals surface area contributed by atoms with Crippen molar-refractivity contribution in [1.82, 2.24) is 25.2 Å². The lowest BCUT2D eigenvalue weighted by Crippen LogP contribution is -2.38. The third-order valence-corrected chi connectivity index (χ3v) is 4.46. The molecule has 2 heterocycles. The molecule has 0 unspecified atom stereocenters. The number of hydrogen-bond acceptors (Lipinski definition) is 3. The van der Waals surface area contributed by atoms with Crippen LogP contribution in [-0.2, 0) is 6.42 Å². The SMILES string of the molecule is CCNC(=NCCc1nnc2ccccn12)NCCC1=CCCCC1. The van der Waals surface area contributed by atoms with Gasteiger partial charge in [0.05, 0.1) is 0 Å². The molecule has 0 saturated carbocycles. The predicted octanol–water partition coefficient (Wildman–Crippen LogP) is 2.72. The highest BCUT2D eigenvalue weighted by Crippen LogP contribution is 2.19. The van der Waals surface area contributed by atoms with Crippen LogP contribution in [0.5, 0.6) is 0 Å². The molecule has 6 nitrogen and oxygen atoms in total. The number of guanidine groups is 1. The van der Waals surface area contributed by atoms with Crippen LogP contribution < -0.4 is 10.6 Å². The second kappa shape index (κ2) is 9.20. The quantitative estimate of drug-likeness (QED) is 0.462. The zero-order chi connectivity index (χ0) is 17.3. The third-order valence-electron chi connectivity index (χ3n) is 4.46. The van der Waals surface area contributed by atoms with Crippen molar-refractivity contribution in [2.75, 3.05) is 19.6 Å². The Bertz CT molecular complexity index is 730. The number of aliphatic imine (C=N–C) groups is 1. The lowest BCUT2D eigenvalue weighted by Gasteiger charge is -2.15. The van der Waals surface area contributed by atoms with Gasteiger partial charge in [-0.2, -0.15) is 0 Å². The molecule has 0 spiro atoms. The van der Waals surface area contributed by atoms with Crippen LogP contribution in [-0.4, -0.2) is 40.2 Å². The van der Waals surface area contributed by atoms with E-state index >= 15 is 0 Å². The molecule has 0 radical (unpaired) electrons. The van der Waals surface area contributed by atoms with Crippen molar-refractivity contribution in [1.29, 1.82) is 0 Å². The number of nitrogens with zero attached hydrogens (tertiary/aromatic N) is 4. The summed E-state index contributed by atoms with van der Waals surface area (Å²) in [4.78, 5) is 4.67. The van der Waals surface area contributed by atoms with Crippen molar-refractivity contribution in [3.05, 3.63) is 41.9 Å². The van der Waals surface area contributed by atoms with E-state index in [0.717, 1.165) is 43.4 Å². The molecule has 134 valence electrons. The fraction of sp³-hybridized carbons (Fsp3) is 0.526. The summed E-state index contributed by atoms with van der Waals surface area (Å²) in [6, 6.07) is 5.93. The van der Waals surface area contributed by atoms with Gasteiger partial charge in [-0.1, -0.05) is 17.7 Å². The molecule has 25 heavy (non-hydrogen) atoms. The van der Waals surface area contributed by atoms with E-state index in [4.69, 9.17) is 0 Å². The Morgan fingerprint density at radius 1 is 1.20 bits per heavy atom. The van der Waals surface area contributed by atoms with Crippen LogP contribution in [0.3, 0.4) is 0 Å². The number of fused-ring (bicyclic) bond motifs is 1. The van der Waals surface area contributed by atoms with Crippen LogP contribution >= 0.6 is 0 Å². The predicted molar refractivity (Wildman–Crippen MR) is 102 cm³/mol. The molecule has 2 N–H and O–H groups in total. The van der Waals surface area contributed by atoms with Gasteiger partial charge in [-0.05, 0) is 51.2 Å². The first kappa shape index (κ1) is 17.5. The summed E-state index contributed by atoms with van der Waals surface area (Å²) in [7, 11) is 0. The highest BCUT2D eigenvalue weighted by atomic mass is 15.2. The molecule has 0 bridgehead atoms. The third kappa shape index (κ3) is 5.05. The molecule has 2 aromatic rings. The van der Waals surface area contributed by atoms with E-state index in [1.165, 1.54) is 25.7 Å². The second-order valence-electron chi connectivity index (χ2n) is 6.34. The van der Waals surface area contributed by atoms with E-state index in [0.29, 0.717) is 6.54 Å². The van der Waals surface area contributed by atoms with E-state index < -0.39 is 0 Å². The summed E-state index contributed by atoms with van der Waals surface area (Å²) < 4.78 is 2.02. The maximum absolute atomic E-state index is 4.67. The molecule has 1 aliphatic rings. The van der Waals surface area contributed by atoms with Crippen LogP contribution in [0, 0.1) is 0 Å². The van der Waals surface area contributed by atoms with Crippen LogP contribution in [0.25, 0.3) is 5.65 Å². The molecule has 3 rings (SSSR count). The van der Waals surface area contributed by atoms with Crippen LogP contribution in [0.15, 0.2) is 41.0 Å². The van der Waals surface area contributed by atoms with Gasteiger partial charge in [0.2, 0.25) is 0 Å². The molecule has 0 saturated heterocycles. The Balaban J connectivity index is 1.50. The standard InChI is InChI=1S/C19H28N6/c1-2-20-19(21-13-11-16-8-4-3-5-9-16)22-14-12-18-24-23-17-10-6-7-15-25(17)18/h6-8,10,15H,2-5,9,11-14H2,1H3,(H2,20,21,22). The molecular weight excluding hydrogens is 312 g/mol. The summed E-state index contributed by atoms with van der Waals surface area (Å²) in [6.45, 7) is 4.58. The zero-order valence-electron chi connectivity index (χ0n) is 15.0. The minimum absolute atomic E-state index is 0.688. The van der Waals surface area contributed by atoms with Gasteiger partial charge in [0.15, 0.2) is 11.6 Å². The smallest absolute Gasteiger partial charge is 0.191 e. The number of allylic oxidation sites excluding steroid dienone is 1. The maximum atomic E-state index is 4.67. The summed E-state index contributed by atoms with van der Waals surface area (Å²) in [5.74, 6) is 1.83. The van der Waals surface area contributed by atoms with Gasteiger partial charge >= 0.3 is 0 Å². The van der Waals surface area contributed by atoms with Gasteiger partial charge in [0.25, 0.3) is 0 Å². The molecule has 0 aliphatic heterocycles. The molecule has 0 amide bonds. The van der Waals surface area contributed by atoms with Crippen molar-refractivity contribution in [2.45, 2.75) is 45.4 Å². The van der Waals surface area contributed by atoms with Crippen LogP contribution in [0.1, 0.15) is 44.9 Å². The Morgan fingerprint density at radius 2 is 2.16 bits per heavy atom. The van der Waals surface area contributed by atoms with E-state index in [1.54, 1.807) is 5.57 Å². The first-order valence-corrected chi connectivity index (χ1v) is 9.35. The first-order chi connectivity index (χ1) is 12.4. The highest BCUT2D eigenvalue weighted by Gasteiger charge is 2.06. The number of aromatic nitrogens is 3. The van der Waals surface area contributed by atoms with Crippen LogP contribution in [0.4, 0.5) is 0 Å². The topological polar surface area (TPSA) is 66.6 Å². The monoisotopic (exact) mass is 340 g/mol. The number of hydrogen-bond donors (Lipinski definition) is 2. The van der Waals surface area contributed by atoms with Crippen molar-refractivity contribution in [2.24, 2.45) is 4.99 Å². The molecule has 2 aromatic heterocycles. The van der Waals surface area contributed by atoms with Crippen molar-refractivity contribution >= 4 is 11.6 Å². The Morgan fingerprint density at radius 3 is 3.00 bits per heavy atom. The normalized spacial score (nSPS) is 15.2. The summed E-state index contributed by atoms with van der Waals surface area (Å²) >= 11 is 0. The molecule has 1 aliphatic carbocycles. The van der Waals surface area contributed by atoms with E-state index in [9.17, 15) is 0 Å². The average Bonchev–Trinajstić information content (AvgIpc) is 3.06. The van der Waals surface area contributed by atoms with Crippen LogP contribution in [0.2, 0.25) is 0 Å². The summed E-state index contributed by atoms with van der Waals surface area (Å²) in [6.07, 6.45) is 11.5. The summed E-state index contributed by atoms with van der Waals surface area (Å²) in [5.41, 5.74) is 2.47. The zero-order valence-corrected chi connectivity index (χ0v) is 15.0. The maximum Gasteiger partial charge on any atom is 0.191 e. The van der Waals surface area contributed by atoms with E-state index in [1.807, 2.05) is 28.8 Å². The minimum Gasteiger partial charge on any atom is -0.357 e. The molecule has 6 heteroatoms. The van der Waals surface area contributed by atoms with Gasteiger partial charge in [-0.15, -0.1) is 10.2 Å². The van der Waals surface area contributed by atoms with Crippen molar-refractivity contribution < 1.29 is 0 Å². The largest absolute Gasteiger partial charge is 0.357 e. The van der Waals surface area contributed by atoms with Gasteiger partial charge < -0.3 is 10.6 Å². The molecule has 0 fully saturated rings. The fourth-order valence-corrected chi connectivity index (χ4v) is 3.14. The van der Waals surface area contributed by atoms with Crippen molar-refractivity contribution in [3.63, 3.8) is 0 Å². The number of rotatable bonds is 7. The van der Waals surface area contributed by atoms with Gasteiger partial charge in [0.1, 0.15) is 5.82 Å². The summed E-state index contributed by atoms with van der Waals surface area (Å²) in [5, 5.41) is 15.2. The average molecular weight is 340 g/mol. The van der Waals surface area contributed by atoms with Gasteiger partial charge in [-0.25, -0.2) is 0 Å². The Labute approximate surface area is 149 Å². The van der Waals surface area contributed by atoms with E-state index in [2.05, 4.69) is 38.8 Å². The first-order valence-electron chi connectivity index (χ1n) is 9.35. The lowest BCUT2D eigenvalue weighted by molar-refractivity contribution is 0.665. The highest BCUT2D eigenvalue weighted by molar-refractivity contribution is 5.79. The van der Waals surface area contributed by atoms with E-state index in [-0.39, 0.29) is 0 Å². The minimum atomic E-state index is 0.688. The van der Waals surface area contributed by atoms with Crippen molar-refractivity contribution in [3.8, 4) is 0 Å². The molecule has 0 aromatic carbocycles. The second-order valence-corrected chi connectivity index (χ2v) is 6.34. The Hall–Kier alpha value is -2.37. The number of pyridine rings is 1. The van der Waals surface area contributed by atoms with Gasteiger partial charge in [-0.3, -0.25) is 9.39 Å². The van der Waals surface area contributed by atoms with Gasteiger partial charge in [0, 0.05) is 32.3 Å². The molecule has 0 atom stereocenters.